The molecule has 9 heavy (non-hydrogen) atoms. The standard InChI is InChI=1S/C7H14ClI/c1-2-3-4-7(9)5-6-8/h7H,2-6H2,1H3. The molecule has 0 saturated heterocycles. The summed E-state index contributed by atoms with van der Waals surface area (Å²) >= 11 is 8.05. The van der Waals surface area contributed by atoms with E-state index in [0.717, 1.165) is 9.80 Å². The van der Waals surface area contributed by atoms with Crippen LogP contribution in [0.3, 0.4) is 0 Å². The molecular formula is C7H14ClI. The number of hydrogen-bond acceptors (Lipinski definition) is 0. The van der Waals surface area contributed by atoms with Crippen LogP contribution in [0.4, 0.5) is 0 Å². The van der Waals surface area contributed by atoms with E-state index >= 15 is 0 Å². The first-order valence-corrected chi connectivity index (χ1v) is 5.29. The van der Waals surface area contributed by atoms with Crippen molar-refractivity contribution in [3.8, 4) is 0 Å². The fraction of sp³-hybridized carbons (Fsp3) is 1.00. The van der Waals surface area contributed by atoms with E-state index in [1.165, 1.54) is 25.7 Å². The number of rotatable bonds is 5. The number of alkyl halides is 2. The highest BCUT2D eigenvalue weighted by molar-refractivity contribution is 14.1. The predicted molar refractivity (Wildman–Crippen MR) is 52.7 cm³/mol. The lowest BCUT2D eigenvalue weighted by atomic mass is 10.2. The molecule has 2 heteroatoms. The Morgan fingerprint density at radius 3 is 2.56 bits per heavy atom. The minimum absolute atomic E-state index is 0.806. The van der Waals surface area contributed by atoms with Gasteiger partial charge < -0.3 is 0 Å². The molecule has 0 nitrogen and oxygen atoms in total. The van der Waals surface area contributed by atoms with Crippen molar-refractivity contribution in [2.45, 2.75) is 36.5 Å². The third-order valence-corrected chi connectivity index (χ3v) is 2.76. The molecule has 1 atom stereocenters. The minimum Gasteiger partial charge on any atom is -0.127 e. The fourth-order valence-corrected chi connectivity index (χ4v) is 2.07. The van der Waals surface area contributed by atoms with E-state index in [-0.39, 0.29) is 0 Å². The number of halogens is 2. The summed E-state index contributed by atoms with van der Waals surface area (Å²) in [4.78, 5) is 0. The minimum atomic E-state index is 0.806. The van der Waals surface area contributed by atoms with Gasteiger partial charge in [0, 0.05) is 9.80 Å². The highest BCUT2D eigenvalue weighted by Crippen LogP contribution is 2.14. The fourth-order valence-electron chi connectivity index (χ4n) is 0.688. The van der Waals surface area contributed by atoms with Crippen LogP contribution in [0.1, 0.15) is 32.6 Å². The van der Waals surface area contributed by atoms with E-state index in [9.17, 15) is 0 Å². The molecule has 0 aromatic rings. The Morgan fingerprint density at radius 1 is 1.44 bits per heavy atom. The van der Waals surface area contributed by atoms with Crippen LogP contribution in [0.2, 0.25) is 0 Å². The molecule has 0 aliphatic heterocycles. The van der Waals surface area contributed by atoms with Crippen molar-refractivity contribution in [2.24, 2.45) is 0 Å². The molecular weight excluding hydrogens is 246 g/mol. The van der Waals surface area contributed by atoms with E-state index < -0.39 is 0 Å². The van der Waals surface area contributed by atoms with Gasteiger partial charge in [-0.1, -0.05) is 42.4 Å². The van der Waals surface area contributed by atoms with Crippen LogP contribution in [0, 0.1) is 0 Å². The van der Waals surface area contributed by atoms with Crippen LogP contribution in [0.5, 0.6) is 0 Å². The summed E-state index contributed by atoms with van der Waals surface area (Å²) < 4.78 is 0.806. The molecule has 1 unspecified atom stereocenters. The first kappa shape index (κ1) is 10.0. The molecule has 0 saturated carbocycles. The van der Waals surface area contributed by atoms with Crippen molar-refractivity contribution in [2.75, 3.05) is 5.88 Å². The van der Waals surface area contributed by atoms with Crippen LogP contribution in [0.25, 0.3) is 0 Å². The molecule has 0 radical (unpaired) electrons. The van der Waals surface area contributed by atoms with Gasteiger partial charge >= 0.3 is 0 Å². The van der Waals surface area contributed by atoms with Crippen LogP contribution >= 0.6 is 34.2 Å². The molecule has 0 heterocycles. The number of unbranched alkanes of at least 4 members (excludes halogenated alkanes) is 1. The van der Waals surface area contributed by atoms with Crippen molar-refractivity contribution in [1.29, 1.82) is 0 Å². The normalized spacial score (nSPS) is 13.7. The van der Waals surface area contributed by atoms with Gasteiger partial charge in [0.25, 0.3) is 0 Å². The highest BCUT2D eigenvalue weighted by Gasteiger charge is 2.00. The zero-order chi connectivity index (χ0) is 7.11. The monoisotopic (exact) mass is 260 g/mol. The van der Waals surface area contributed by atoms with Crippen molar-refractivity contribution in [3.05, 3.63) is 0 Å². The van der Waals surface area contributed by atoms with Gasteiger partial charge in [-0.25, -0.2) is 0 Å². The molecule has 0 rings (SSSR count). The molecule has 0 aromatic carbocycles. The Balaban J connectivity index is 2.95. The van der Waals surface area contributed by atoms with Crippen LogP contribution in [0.15, 0.2) is 0 Å². The van der Waals surface area contributed by atoms with Crippen LogP contribution < -0.4 is 0 Å². The second-order valence-corrected chi connectivity index (χ2v) is 4.36. The smallest absolute Gasteiger partial charge is 0.0233 e. The number of hydrogen-bond donors (Lipinski definition) is 0. The summed E-state index contributed by atoms with van der Waals surface area (Å²) in [5.74, 6) is 0.817. The second kappa shape index (κ2) is 7.13. The second-order valence-electron chi connectivity index (χ2n) is 2.22. The molecule has 0 aromatic heterocycles. The predicted octanol–water partition coefficient (Wildman–Crippen LogP) is 3.61. The molecule has 0 amide bonds. The summed E-state index contributed by atoms with van der Waals surface area (Å²) in [6.07, 6.45) is 5.16. The zero-order valence-corrected chi connectivity index (χ0v) is 8.78. The van der Waals surface area contributed by atoms with E-state index in [0.29, 0.717) is 0 Å². The lowest BCUT2D eigenvalue weighted by Gasteiger charge is -2.04. The van der Waals surface area contributed by atoms with Gasteiger partial charge in [0.05, 0.1) is 0 Å². The summed E-state index contributed by atoms with van der Waals surface area (Å²) in [5.41, 5.74) is 0. The topological polar surface area (TPSA) is 0 Å². The van der Waals surface area contributed by atoms with E-state index in [1.807, 2.05) is 0 Å². The van der Waals surface area contributed by atoms with Gasteiger partial charge in [0.2, 0.25) is 0 Å². The van der Waals surface area contributed by atoms with E-state index in [1.54, 1.807) is 0 Å². The molecule has 0 fully saturated rings. The van der Waals surface area contributed by atoms with Crippen molar-refractivity contribution in [3.63, 3.8) is 0 Å². The van der Waals surface area contributed by atoms with Gasteiger partial charge in [-0.2, -0.15) is 0 Å². The molecule has 0 aliphatic carbocycles. The van der Waals surface area contributed by atoms with Crippen LogP contribution in [-0.4, -0.2) is 9.80 Å². The summed E-state index contributed by atoms with van der Waals surface area (Å²) in [6, 6.07) is 0. The SMILES string of the molecule is CCCCC(I)CCCl. The maximum Gasteiger partial charge on any atom is 0.0233 e. The van der Waals surface area contributed by atoms with Crippen molar-refractivity contribution in [1.82, 2.24) is 0 Å². The lowest BCUT2D eigenvalue weighted by Crippen LogP contribution is -1.97. The Labute approximate surface area is 76.5 Å². The molecule has 0 N–H and O–H groups in total. The lowest BCUT2D eigenvalue weighted by molar-refractivity contribution is 0.688. The largest absolute Gasteiger partial charge is 0.127 e. The maximum atomic E-state index is 5.57. The quantitative estimate of drug-likeness (QED) is 0.523. The molecule has 56 valence electrons. The van der Waals surface area contributed by atoms with Gasteiger partial charge in [-0.15, -0.1) is 11.6 Å². The molecule has 0 aliphatic rings. The Morgan fingerprint density at radius 2 is 2.11 bits per heavy atom. The Kier molecular flexibility index (Phi) is 7.94. The third kappa shape index (κ3) is 6.91. The summed E-state index contributed by atoms with van der Waals surface area (Å²) in [7, 11) is 0. The first-order valence-electron chi connectivity index (χ1n) is 3.51. The highest BCUT2D eigenvalue weighted by atomic mass is 127. The van der Waals surface area contributed by atoms with Gasteiger partial charge in [-0.3, -0.25) is 0 Å². The van der Waals surface area contributed by atoms with Gasteiger partial charge in [0.15, 0.2) is 0 Å². The van der Waals surface area contributed by atoms with E-state index in [4.69, 9.17) is 11.6 Å². The van der Waals surface area contributed by atoms with Crippen molar-refractivity contribution >= 4 is 34.2 Å². The maximum absolute atomic E-state index is 5.57. The average Bonchev–Trinajstić information content (AvgIpc) is 1.85. The van der Waals surface area contributed by atoms with Crippen LogP contribution in [-0.2, 0) is 0 Å². The van der Waals surface area contributed by atoms with Gasteiger partial charge in [-0.05, 0) is 12.8 Å². The Hall–Kier alpha value is 1.02. The Bertz CT molecular complexity index is 56.9. The third-order valence-electron chi connectivity index (χ3n) is 1.29. The first-order chi connectivity index (χ1) is 4.31. The average molecular weight is 261 g/mol. The zero-order valence-electron chi connectivity index (χ0n) is 5.87. The van der Waals surface area contributed by atoms with E-state index in [2.05, 4.69) is 29.5 Å². The summed E-state index contributed by atoms with van der Waals surface area (Å²) in [5, 5.41) is 0. The molecule has 0 bridgehead atoms. The summed E-state index contributed by atoms with van der Waals surface area (Å²) in [6.45, 7) is 2.23. The van der Waals surface area contributed by atoms with Crippen molar-refractivity contribution < 1.29 is 0 Å². The molecule has 0 spiro atoms. The van der Waals surface area contributed by atoms with Gasteiger partial charge in [0.1, 0.15) is 0 Å².